The minimum Gasteiger partial charge on any atom is -0.480 e. The summed E-state index contributed by atoms with van der Waals surface area (Å²) in [7, 11) is 1.60. The summed E-state index contributed by atoms with van der Waals surface area (Å²) < 4.78 is 1.36. The molecule has 1 saturated heterocycles. The number of piperidine rings is 1. The SMILES string of the molecule is CC(C)[C@H](NC(=O)[C@@]1(c2ccccc2)CC[C@H](C(=O)N2CCC(NC(=O)c3cccn(C)c3=O)CC2)c2ccccc21)C(=O)O.S.S. The van der Waals surface area contributed by atoms with Gasteiger partial charge in [0.05, 0.1) is 11.3 Å². The van der Waals surface area contributed by atoms with Crippen LogP contribution in [0.1, 0.15) is 72.5 Å². The molecule has 1 aromatic heterocycles. The van der Waals surface area contributed by atoms with Gasteiger partial charge in [0.2, 0.25) is 11.8 Å². The number of aromatic nitrogens is 1. The summed E-state index contributed by atoms with van der Waals surface area (Å²) >= 11 is 0. The van der Waals surface area contributed by atoms with Crippen LogP contribution in [0.4, 0.5) is 0 Å². The Morgan fingerprint density at radius 1 is 0.894 bits per heavy atom. The van der Waals surface area contributed by atoms with Crippen molar-refractivity contribution in [2.24, 2.45) is 13.0 Å². The van der Waals surface area contributed by atoms with Crippen LogP contribution in [-0.4, -0.2) is 63.4 Å². The Balaban J connectivity index is 0.00000300. The van der Waals surface area contributed by atoms with Crippen molar-refractivity contribution >= 4 is 50.7 Å². The van der Waals surface area contributed by atoms with Crippen molar-refractivity contribution in [3.63, 3.8) is 0 Å². The molecule has 0 saturated carbocycles. The number of nitrogens with zero attached hydrogens (tertiary/aromatic N) is 2. The lowest BCUT2D eigenvalue weighted by Crippen LogP contribution is -2.55. The molecule has 1 aliphatic carbocycles. The van der Waals surface area contributed by atoms with Gasteiger partial charge in [-0.05, 0) is 60.4 Å². The minimum atomic E-state index is -1.16. The summed E-state index contributed by atoms with van der Waals surface area (Å²) in [5.41, 5.74) is 0.784. The first-order valence-corrected chi connectivity index (χ1v) is 15.5. The molecule has 0 unspecified atom stereocenters. The number of carbonyl (C=O) groups excluding carboxylic acids is 3. The summed E-state index contributed by atoms with van der Waals surface area (Å²) in [4.78, 5) is 67.3. The highest BCUT2D eigenvalue weighted by Gasteiger charge is 2.49. The van der Waals surface area contributed by atoms with Gasteiger partial charge >= 0.3 is 5.97 Å². The summed E-state index contributed by atoms with van der Waals surface area (Å²) in [5, 5.41) is 15.6. The molecule has 0 bridgehead atoms. The summed E-state index contributed by atoms with van der Waals surface area (Å²) in [6, 6.07) is 18.8. The summed E-state index contributed by atoms with van der Waals surface area (Å²) in [6.07, 6.45) is 3.45. The molecule has 3 atom stereocenters. The Kier molecular flexibility index (Phi) is 12.5. The van der Waals surface area contributed by atoms with Crippen LogP contribution in [-0.2, 0) is 26.8 Å². The number of aliphatic carboxylic acids is 1. The van der Waals surface area contributed by atoms with E-state index in [-0.39, 0.29) is 56.0 Å². The van der Waals surface area contributed by atoms with Crippen molar-refractivity contribution in [2.45, 2.75) is 62.9 Å². The fourth-order valence-electron chi connectivity index (χ4n) is 6.76. The Hall–Kier alpha value is -4.03. The molecular formula is C35H44N4O6S2. The number of nitrogens with one attached hydrogen (secondary N) is 2. The number of rotatable bonds is 8. The highest BCUT2D eigenvalue weighted by molar-refractivity contribution is 7.59. The molecule has 1 fully saturated rings. The van der Waals surface area contributed by atoms with E-state index in [0.717, 1.165) is 11.1 Å². The molecule has 5 rings (SSSR count). The first-order valence-electron chi connectivity index (χ1n) is 15.5. The zero-order valence-electron chi connectivity index (χ0n) is 26.9. The van der Waals surface area contributed by atoms with Crippen LogP contribution in [0.2, 0.25) is 0 Å². The van der Waals surface area contributed by atoms with E-state index in [0.29, 0.717) is 44.3 Å². The molecule has 3 aromatic rings. The third kappa shape index (κ3) is 7.43. The highest BCUT2D eigenvalue weighted by Crippen LogP contribution is 2.48. The van der Waals surface area contributed by atoms with E-state index in [9.17, 15) is 29.1 Å². The number of carbonyl (C=O) groups is 4. The second kappa shape index (κ2) is 15.7. The Morgan fingerprint density at radius 3 is 2.17 bits per heavy atom. The lowest BCUT2D eigenvalue weighted by Gasteiger charge is -2.43. The Bertz CT molecular complexity index is 1650. The van der Waals surface area contributed by atoms with Gasteiger partial charge in [0, 0.05) is 32.4 Å². The average molecular weight is 681 g/mol. The first kappa shape index (κ1) is 37.4. The van der Waals surface area contributed by atoms with Crippen molar-refractivity contribution in [2.75, 3.05) is 13.1 Å². The molecule has 2 aliphatic rings. The minimum absolute atomic E-state index is 0. The number of hydrogen-bond donors (Lipinski definition) is 3. The van der Waals surface area contributed by atoms with Crippen LogP contribution in [0.5, 0.6) is 0 Å². The van der Waals surface area contributed by atoms with E-state index in [1.54, 1.807) is 33.2 Å². The van der Waals surface area contributed by atoms with Gasteiger partial charge in [-0.2, -0.15) is 27.0 Å². The van der Waals surface area contributed by atoms with Crippen molar-refractivity contribution in [1.82, 2.24) is 20.1 Å². The van der Waals surface area contributed by atoms with Gasteiger partial charge in [0.15, 0.2) is 0 Å². The van der Waals surface area contributed by atoms with Gasteiger partial charge in [-0.15, -0.1) is 0 Å². The molecule has 0 spiro atoms. The number of hydrogen-bond acceptors (Lipinski definition) is 5. The number of likely N-dealkylation sites (tertiary alicyclic amines) is 1. The fraction of sp³-hybridized carbons (Fsp3) is 0.400. The molecule has 2 heterocycles. The molecule has 47 heavy (non-hydrogen) atoms. The molecule has 2 aromatic carbocycles. The Labute approximate surface area is 288 Å². The van der Waals surface area contributed by atoms with Crippen LogP contribution < -0.4 is 16.2 Å². The van der Waals surface area contributed by atoms with Crippen LogP contribution in [0, 0.1) is 5.92 Å². The van der Waals surface area contributed by atoms with Gasteiger partial charge in [-0.1, -0.05) is 68.4 Å². The predicted molar refractivity (Wildman–Crippen MR) is 190 cm³/mol. The average Bonchev–Trinajstić information content (AvgIpc) is 3.04. The molecule has 10 nitrogen and oxygen atoms in total. The zero-order valence-corrected chi connectivity index (χ0v) is 28.9. The second-order valence-electron chi connectivity index (χ2n) is 12.4. The van der Waals surface area contributed by atoms with Crippen LogP contribution in [0.3, 0.4) is 0 Å². The summed E-state index contributed by atoms with van der Waals surface area (Å²) in [6.45, 7) is 4.42. The number of pyridine rings is 1. The molecular weight excluding hydrogens is 637 g/mol. The Morgan fingerprint density at radius 2 is 1.53 bits per heavy atom. The smallest absolute Gasteiger partial charge is 0.326 e. The number of benzene rings is 2. The standard InChI is InChI=1S/C35H40N4O6.2H2S/c1-22(2)29(33(43)44)37-34(45)35(23-10-5-4-6-11-23)18-15-26(25-12-7-8-14-28(25)35)32(42)39-20-16-24(17-21-39)36-30(40)27-13-9-19-38(3)31(27)41;;/h4-14,19,22,24,26,29H,15-18,20-21H2,1-3H3,(H,36,40)(H,37,45)(H,43,44);2*1H2/t26-,29-,35+;;/m0../s1. The van der Waals surface area contributed by atoms with Crippen LogP contribution in [0.25, 0.3) is 0 Å². The molecule has 3 amide bonds. The van der Waals surface area contributed by atoms with E-state index in [1.165, 1.54) is 10.6 Å². The maximum Gasteiger partial charge on any atom is 0.326 e. The van der Waals surface area contributed by atoms with Crippen molar-refractivity contribution in [1.29, 1.82) is 0 Å². The van der Waals surface area contributed by atoms with Crippen LogP contribution in [0.15, 0.2) is 77.7 Å². The number of amides is 3. The molecule has 252 valence electrons. The quantitative estimate of drug-likeness (QED) is 0.334. The monoisotopic (exact) mass is 680 g/mol. The normalized spacial score (nSPS) is 19.7. The maximum atomic E-state index is 14.2. The number of aryl methyl sites for hydroxylation is 1. The number of carboxylic acid groups (broad SMARTS) is 1. The lowest BCUT2D eigenvalue weighted by atomic mass is 9.62. The van der Waals surface area contributed by atoms with E-state index < -0.39 is 35.2 Å². The van der Waals surface area contributed by atoms with Gasteiger partial charge < -0.3 is 25.2 Å². The third-order valence-electron chi connectivity index (χ3n) is 9.29. The van der Waals surface area contributed by atoms with Crippen LogP contribution >= 0.6 is 27.0 Å². The largest absolute Gasteiger partial charge is 0.480 e. The molecule has 1 aliphatic heterocycles. The molecule has 0 radical (unpaired) electrons. The van der Waals surface area contributed by atoms with E-state index in [4.69, 9.17) is 0 Å². The van der Waals surface area contributed by atoms with Crippen molar-refractivity contribution < 1.29 is 24.3 Å². The van der Waals surface area contributed by atoms with Crippen molar-refractivity contribution in [3.8, 4) is 0 Å². The molecule has 12 heteroatoms. The third-order valence-corrected chi connectivity index (χ3v) is 9.29. The van der Waals surface area contributed by atoms with Gasteiger partial charge in [-0.3, -0.25) is 19.2 Å². The van der Waals surface area contributed by atoms with Gasteiger partial charge in [-0.25, -0.2) is 4.79 Å². The number of carboxylic acids is 1. The van der Waals surface area contributed by atoms with Gasteiger partial charge in [0.1, 0.15) is 11.6 Å². The highest BCUT2D eigenvalue weighted by atomic mass is 32.1. The van der Waals surface area contributed by atoms with Gasteiger partial charge in [0.25, 0.3) is 11.5 Å². The van der Waals surface area contributed by atoms with E-state index in [1.807, 2.05) is 59.5 Å². The lowest BCUT2D eigenvalue weighted by molar-refractivity contribution is -0.144. The second-order valence-corrected chi connectivity index (χ2v) is 12.4. The topological polar surface area (TPSA) is 138 Å². The fourth-order valence-corrected chi connectivity index (χ4v) is 6.76. The number of fused-ring (bicyclic) bond motifs is 1. The predicted octanol–water partition coefficient (Wildman–Crippen LogP) is 3.42. The summed E-state index contributed by atoms with van der Waals surface area (Å²) in [5.74, 6) is -2.72. The zero-order chi connectivity index (χ0) is 32.3. The first-order chi connectivity index (χ1) is 21.5. The van der Waals surface area contributed by atoms with E-state index >= 15 is 0 Å². The molecule has 3 N–H and O–H groups in total. The maximum absolute atomic E-state index is 14.2. The van der Waals surface area contributed by atoms with E-state index in [2.05, 4.69) is 10.6 Å². The van der Waals surface area contributed by atoms with Crippen molar-refractivity contribution in [3.05, 3.63) is 106 Å².